The maximum Gasteiger partial charge on any atom is 0.265 e. The topological polar surface area (TPSA) is 71.6 Å². The molecule has 7 heteroatoms. The summed E-state index contributed by atoms with van der Waals surface area (Å²) in [6.45, 7) is 9.32. The standard InChI is InChI=1S/C17H24N4O3/c1-11(2)9-21-10-18-15-14(17(21)23)13(12(3)24-15)16(22)20-7-5-19(4)6-8-20/h10-11H,5-9H2,1-4H3. The molecule has 0 aliphatic carbocycles. The zero-order valence-electron chi connectivity index (χ0n) is 14.7. The van der Waals surface area contributed by atoms with Gasteiger partial charge in [-0.05, 0) is 19.9 Å². The van der Waals surface area contributed by atoms with Crippen LogP contribution in [-0.2, 0) is 6.54 Å². The van der Waals surface area contributed by atoms with Crippen molar-refractivity contribution >= 4 is 17.0 Å². The molecule has 2 aromatic heterocycles. The molecule has 0 spiro atoms. The number of hydrogen-bond acceptors (Lipinski definition) is 5. The molecule has 0 N–H and O–H groups in total. The van der Waals surface area contributed by atoms with Gasteiger partial charge >= 0.3 is 0 Å². The summed E-state index contributed by atoms with van der Waals surface area (Å²) in [7, 11) is 2.04. The summed E-state index contributed by atoms with van der Waals surface area (Å²) in [5.74, 6) is 0.633. The Morgan fingerprint density at radius 3 is 2.58 bits per heavy atom. The molecule has 0 aromatic carbocycles. The second kappa shape index (κ2) is 6.39. The average molecular weight is 332 g/mol. The molecule has 0 saturated carbocycles. The van der Waals surface area contributed by atoms with Crippen LogP contribution in [0.1, 0.15) is 30.0 Å². The van der Waals surface area contributed by atoms with E-state index in [0.717, 1.165) is 13.1 Å². The van der Waals surface area contributed by atoms with Gasteiger partial charge in [-0.15, -0.1) is 0 Å². The van der Waals surface area contributed by atoms with E-state index < -0.39 is 0 Å². The lowest BCUT2D eigenvalue weighted by molar-refractivity contribution is 0.0664. The number of likely N-dealkylation sites (N-methyl/N-ethyl adjacent to an activating group) is 1. The van der Waals surface area contributed by atoms with E-state index in [0.29, 0.717) is 42.3 Å². The van der Waals surface area contributed by atoms with Gasteiger partial charge in [0.1, 0.15) is 17.5 Å². The Balaban J connectivity index is 2.05. The highest BCUT2D eigenvalue weighted by atomic mass is 16.3. The molecule has 1 amide bonds. The number of carbonyl (C=O) groups is 1. The molecule has 130 valence electrons. The number of furan rings is 1. The molecule has 0 radical (unpaired) electrons. The molecule has 1 aliphatic heterocycles. The molecule has 1 aliphatic rings. The van der Waals surface area contributed by atoms with Gasteiger partial charge in [0, 0.05) is 32.7 Å². The fourth-order valence-corrected chi connectivity index (χ4v) is 3.09. The van der Waals surface area contributed by atoms with Gasteiger partial charge in [0.25, 0.3) is 11.5 Å². The fraction of sp³-hybridized carbons (Fsp3) is 0.588. The first kappa shape index (κ1) is 16.7. The van der Waals surface area contributed by atoms with Gasteiger partial charge < -0.3 is 14.2 Å². The summed E-state index contributed by atoms with van der Waals surface area (Å²) >= 11 is 0. The summed E-state index contributed by atoms with van der Waals surface area (Å²) in [4.78, 5) is 34.0. The van der Waals surface area contributed by atoms with Crippen molar-refractivity contribution in [2.24, 2.45) is 5.92 Å². The summed E-state index contributed by atoms with van der Waals surface area (Å²) in [5.41, 5.74) is 0.406. The predicted octanol–water partition coefficient (Wildman–Crippen LogP) is 1.34. The Morgan fingerprint density at radius 2 is 1.96 bits per heavy atom. The molecule has 2 aromatic rings. The van der Waals surface area contributed by atoms with Crippen molar-refractivity contribution in [3.05, 3.63) is 28.0 Å². The van der Waals surface area contributed by atoms with Crippen LogP contribution in [-0.4, -0.2) is 58.5 Å². The van der Waals surface area contributed by atoms with E-state index in [1.807, 2.05) is 20.9 Å². The summed E-state index contributed by atoms with van der Waals surface area (Å²) in [6, 6.07) is 0. The number of aromatic nitrogens is 2. The maximum absolute atomic E-state index is 13.0. The smallest absolute Gasteiger partial charge is 0.265 e. The third kappa shape index (κ3) is 2.96. The minimum atomic E-state index is -0.206. The second-order valence-corrected chi connectivity index (χ2v) is 6.90. The molecule has 3 heterocycles. The lowest BCUT2D eigenvalue weighted by Gasteiger charge is -2.32. The molecule has 3 rings (SSSR count). The van der Waals surface area contributed by atoms with E-state index in [2.05, 4.69) is 9.88 Å². The molecule has 0 unspecified atom stereocenters. The van der Waals surface area contributed by atoms with E-state index in [1.54, 1.807) is 16.4 Å². The highest BCUT2D eigenvalue weighted by molar-refractivity contribution is 6.06. The molecular formula is C17H24N4O3. The SMILES string of the molecule is Cc1oc2ncn(CC(C)C)c(=O)c2c1C(=O)N1CCN(C)CC1. The van der Waals surface area contributed by atoms with Crippen LogP contribution in [0.2, 0.25) is 0 Å². The van der Waals surface area contributed by atoms with Crippen molar-refractivity contribution in [3.63, 3.8) is 0 Å². The van der Waals surface area contributed by atoms with Crippen LogP contribution >= 0.6 is 0 Å². The first-order valence-corrected chi connectivity index (χ1v) is 8.35. The van der Waals surface area contributed by atoms with E-state index >= 15 is 0 Å². The molecular weight excluding hydrogens is 308 g/mol. The van der Waals surface area contributed by atoms with Crippen molar-refractivity contribution in [1.29, 1.82) is 0 Å². The largest absolute Gasteiger partial charge is 0.442 e. The van der Waals surface area contributed by atoms with Crippen LogP contribution in [0, 0.1) is 12.8 Å². The molecule has 24 heavy (non-hydrogen) atoms. The van der Waals surface area contributed by atoms with Crippen LogP contribution < -0.4 is 5.56 Å². The van der Waals surface area contributed by atoms with Crippen molar-refractivity contribution < 1.29 is 9.21 Å². The number of aryl methyl sites for hydroxylation is 1. The van der Waals surface area contributed by atoms with Crippen LogP contribution in [0.15, 0.2) is 15.5 Å². The van der Waals surface area contributed by atoms with Crippen molar-refractivity contribution in [1.82, 2.24) is 19.4 Å². The van der Waals surface area contributed by atoms with Gasteiger partial charge in [-0.3, -0.25) is 14.2 Å². The Morgan fingerprint density at radius 1 is 1.29 bits per heavy atom. The minimum Gasteiger partial charge on any atom is -0.442 e. The Labute approximate surface area is 140 Å². The molecule has 0 bridgehead atoms. The normalized spacial score (nSPS) is 16.3. The van der Waals surface area contributed by atoms with Crippen molar-refractivity contribution in [3.8, 4) is 0 Å². The number of carbonyl (C=O) groups excluding carboxylic acids is 1. The van der Waals surface area contributed by atoms with Crippen molar-refractivity contribution in [2.75, 3.05) is 33.2 Å². The summed E-state index contributed by atoms with van der Waals surface area (Å²) in [6.07, 6.45) is 1.50. The number of hydrogen-bond donors (Lipinski definition) is 0. The number of nitrogens with zero attached hydrogens (tertiary/aromatic N) is 4. The quantitative estimate of drug-likeness (QED) is 0.848. The highest BCUT2D eigenvalue weighted by Gasteiger charge is 2.28. The molecule has 1 fully saturated rings. The monoisotopic (exact) mass is 332 g/mol. The van der Waals surface area contributed by atoms with Crippen LogP contribution in [0.3, 0.4) is 0 Å². The first-order valence-electron chi connectivity index (χ1n) is 8.35. The first-order chi connectivity index (χ1) is 11.4. The van der Waals surface area contributed by atoms with Gasteiger partial charge in [0.2, 0.25) is 5.71 Å². The number of amides is 1. The third-order valence-corrected chi connectivity index (χ3v) is 4.42. The lowest BCUT2D eigenvalue weighted by Crippen LogP contribution is -2.47. The molecule has 7 nitrogen and oxygen atoms in total. The molecule has 0 atom stereocenters. The van der Waals surface area contributed by atoms with Gasteiger partial charge in [-0.2, -0.15) is 0 Å². The second-order valence-electron chi connectivity index (χ2n) is 6.90. The van der Waals surface area contributed by atoms with E-state index in [1.165, 1.54) is 6.33 Å². The maximum atomic E-state index is 13.0. The average Bonchev–Trinajstić information content (AvgIpc) is 2.87. The van der Waals surface area contributed by atoms with E-state index in [9.17, 15) is 9.59 Å². The number of piperazine rings is 1. The predicted molar refractivity (Wildman–Crippen MR) is 91.2 cm³/mol. The fourth-order valence-electron chi connectivity index (χ4n) is 3.09. The number of fused-ring (bicyclic) bond motifs is 1. The lowest BCUT2D eigenvalue weighted by atomic mass is 10.1. The van der Waals surface area contributed by atoms with Crippen LogP contribution in [0.4, 0.5) is 0 Å². The highest BCUT2D eigenvalue weighted by Crippen LogP contribution is 2.23. The Kier molecular flexibility index (Phi) is 4.45. The summed E-state index contributed by atoms with van der Waals surface area (Å²) < 4.78 is 7.15. The summed E-state index contributed by atoms with van der Waals surface area (Å²) in [5, 5.41) is 0.305. The van der Waals surface area contributed by atoms with Crippen LogP contribution in [0.5, 0.6) is 0 Å². The van der Waals surface area contributed by atoms with Gasteiger partial charge in [-0.25, -0.2) is 4.98 Å². The zero-order chi connectivity index (χ0) is 17.4. The van der Waals surface area contributed by atoms with Crippen LogP contribution in [0.25, 0.3) is 11.1 Å². The Bertz CT molecular complexity index is 813. The van der Waals surface area contributed by atoms with Gasteiger partial charge in [0.05, 0.1) is 5.56 Å². The third-order valence-electron chi connectivity index (χ3n) is 4.42. The van der Waals surface area contributed by atoms with Gasteiger partial charge in [0.15, 0.2) is 0 Å². The van der Waals surface area contributed by atoms with E-state index in [-0.39, 0.29) is 17.2 Å². The molecule has 1 saturated heterocycles. The van der Waals surface area contributed by atoms with Gasteiger partial charge in [-0.1, -0.05) is 13.8 Å². The van der Waals surface area contributed by atoms with E-state index in [4.69, 9.17) is 4.42 Å². The zero-order valence-corrected chi connectivity index (χ0v) is 14.7. The minimum absolute atomic E-state index is 0.138. The number of rotatable bonds is 3. The Hall–Kier alpha value is -2.15. The van der Waals surface area contributed by atoms with Crippen molar-refractivity contribution in [2.45, 2.75) is 27.3 Å².